The standard InChI is InChI=1S/C12H15NO2/c1-2-8-4-3-5-10(12(13)14)11(8)15-9-6-7-9/h3-5,9H,2,6-7H2,1H3,(H2,13,14). The van der Waals surface area contributed by atoms with E-state index in [-0.39, 0.29) is 6.10 Å². The molecule has 0 saturated heterocycles. The van der Waals surface area contributed by atoms with Crippen molar-refractivity contribution in [2.75, 3.05) is 0 Å². The van der Waals surface area contributed by atoms with Crippen molar-refractivity contribution in [3.05, 3.63) is 29.3 Å². The maximum Gasteiger partial charge on any atom is 0.252 e. The van der Waals surface area contributed by atoms with Crippen LogP contribution >= 0.6 is 0 Å². The Hall–Kier alpha value is -1.51. The molecule has 0 unspecified atom stereocenters. The predicted octanol–water partition coefficient (Wildman–Crippen LogP) is 1.89. The van der Waals surface area contributed by atoms with Crippen molar-refractivity contribution in [3.63, 3.8) is 0 Å². The van der Waals surface area contributed by atoms with Gasteiger partial charge in [0.2, 0.25) is 0 Å². The number of carbonyl (C=O) groups excluding carboxylic acids is 1. The monoisotopic (exact) mass is 205 g/mol. The Kier molecular flexibility index (Phi) is 2.62. The lowest BCUT2D eigenvalue weighted by Gasteiger charge is -2.12. The summed E-state index contributed by atoms with van der Waals surface area (Å²) in [5.41, 5.74) is 6.87. The van der Waals surface area contributed by atoms with Crippen LogP contribution in [-0.2, 0) is 6.42 Å². The number of benzene rings is 1. The fourth-order valence-corrected chi connectivity index (χ4v) is 1.55. The number of rotatable bonds is 4. The van der Waals surface area contributed by atoms with Crippen molar-refractivity contribution >= 4 is 5.91 Å². The molecule has 2 N–H and O–H groups in total. The van der Waals surface area contributed by atoms with Gasteiger partial charge in [0.05, 0.1) is 11.7 Å². The molecule has 0 spiro atoms. The molecule has 1 aromatic carbocycles. The van der Waals surface area contributed by atoms with Crippen molar-refractivity contribution in [1.29, 1.82) is 0 Å². The summed E-state index contributed by atoms with van der Waals surface area (Å²) in [6.45, 7) is 2.04. The third-order valence-electron chi connectivity index (χ3n) is 2.55. The molecule has 0 aliphatic heterocycles. The van der Waals surface area contributed by atoms with Crippen molar-refractivity contribution in [3.8, 4) is 5.75 Å². The van der Waals surface area contributed by atoms with Gasteiger partial charge in [-0.25, -0.2) is 0 Å². The first-order chi connectivity index (χ1) is 7.22. The Morgan fingerprint density at radius 2 is 2.27 bits per heavy atom. The summed E-state index contributed by atoms with van der Waals surface area (Å²) in [4.78, 5) is 11.2. The zero-order valence-corrected chi connectivity index (χ0v) is 8.82. The van der Waals surface area contributed by atoms with Crippen LogP contribution in [0.4, 0.5) is 0 Å². The lowest BCUT2D eigenvalue weighted by atomic mass is 10.1. The SMILES string of the molecule is CCc1cccc(C(N)=O)c1OC1CC1. The van der Waals surface area contributed by atoms with Crippen LogP contribution < -0.4 is 10.5 Å². The van der Waals surface area contributed by atoms with E-state index in [2.05, 4.69) is 0 Å². The third kappa shape index (κ3) is 2.12. The molecular formula is C12H15NO2. The Balaban J connectivity index is 2.38. The Labute approximate surface area is 89.2 Å². The molecule has 0 aromatic heterocycles. The number of nitrogens with two attached hydrogens (primary N) is 1. The first-order valence-corrected chi connectivity index (χ1v) is 5.30. The predicted molar refractivity (Wildman–Crippen MR) is 58.0 cm³/mol. The zero-order valence-electron chi connectivity index (χ0n) is 8.82. The summed E-state index contributed by atoms with van der Waals surface area (Å²) in [5.74, 6) is 0.274. The van der Waals surface area contributed by atoms with Crippen molar-refractivity contribution in [1.82, 2.24) is 0 Å². The summed E-state index contributed by atoms with van der Waals surface area (Å²) >= 11 is 0. The van der Waals surface area contributed by atoms with Crippen LogP contribution in [0, 0.1) is 0 Å². The average Bonchev–Trinajstić information content (AvgIpc) is 3.01. The lowest BCUT2D eigenvalue weighted by Crippen LogP contribution is -2.14. The second kappa shape index (κ2) is 3.93. The first-order valence-electron chi connectivity index (χ1n) is 5.30. The van der Waals surface area contributed by atoms with Crippen LogP contribution in [0.25, 0.3) is 0 Å². The first kappa shape index (κ1) is 10.0. The molecule has 3 nitrogen and oxygen atoms in total. The van der Waals surface area contributed by atoms with Crippen molar-refractivity contribution in [2.45, 2.75) is 32.3 Å². The van der Waals surface area contributed by atoms with Gasteiger partial charge in [0.1, 0.15) is 5.75 Å². The number of aryl methyl sites for hydroxylation is 1. The van der Waals surface area contributed by atoms with Crippen molar-refractivity contribution in [2.24, 2.45) is 5.73 Å². The van der Waals surface area contributed by atoms with Crippen LogP contribution in [0.5, 0.6) is 5.75 Å². The molecule has 1 aromatic rings. The average molecular weight is 205 g/mol. The zero-order chi connectivity index (χ0) is 10.8. The summed E-state index contributed by atoms with van der Waals surface area (Å²) in [6.07, 6.45) is 3.30. The summed E-state index contributed by atoms with van der Waals surface area (Å²) in [5, 5.41) is 0. The molecule has 1 amide bonds. The minimum absolute atomic E-state index is 0.288. The summed E-state index contributed by atoms with van der Waals surface area (Å²) in [7, 11) is 0. The molecule has 0 bridgehead atoms. The molecule has 80 valence electrons. The maximum atomic E-state index is 11.2. The quantitative estimate of drug-likeness (QED) is 0.816. The van der Waals surface area contributed by atoms with E-state index in [1.165, 1.54) is 0 Å². The Bertz CT molecular complexity index is 383. The van der Waals surface area contributed by atoms with Crippen LogP contribution in [0.2, 0.25) is 0 Å². The molecule has 1 aliphatic rings. The van der Waals surface area contributed by atoms with E-state index in [0.29, 0.717) is 11.3 Å². The highest BCUT2D eigenvalue weighted by Crippen LogP contribution is 2.32. The summed E-state index contributed by atoms with van der Waals surface area (Å²) in [6, 6.07) is 5.54. The second-order valence-electron chi connectivity index (χ2n) is 3.83. The minimum atomic E-state index is -0.416. The number of carbonyl (C=O) groups is 1. The molecule has 2 rings (SSSR count). The molecular weight excluding hydrogens is 190 g/mol. The van der Waals surface area contributed by atoms with Gasteiger partial charge in [0, 0.05) is 0 Å². The number of hydrogen-bond donors (Lipinski definition) is 1. The highest BCUT2D eigenvalue weighted by Gasteiger charge is 2.26. The van der Waals surface area contributed by atoms with E-state index in [1.54, 1.807) is 6.07 Å². The molecule has 0 heterocycles. The van der Waals surface area contributed by atoms with E-state index in [9.17, 15) is 4.79 Å². The number of amides is 1. The van der Waals surface area contributed by atoms with E-state index >= 15 is 0 Å². The molecule has 0 radical (unpaired) electrons. The number of ether oxygens (including phenoxy) is 1. The van der Waals surface area contributed by atoms with Gasteiger partial charge in [0.25, 0.3) is 5.91 Å². The highest BCUT2D eigenvalue weighted by atomic mass is 16.5. The smallest absolute Gasteiger partial charge is 0.252 e. The lowest BCUT2D eigenvalue weighted by molar-refractivity contribution is 0.0996. The largest absolute Gasteiger partial charge is 0.489 e. The Morgan fingerprint density at radius 3 is 2.80 bits per heavy atom. The minimum Gasteiger partial charge on any atom is -0.489 e. The molecule has 3 heteroatoms. The van der Waals surface area contributed by atoms with Gasteiger partial charge in [-0.3, -0.25) is 4.79 Å². The fourth-order valence-electron chi connectivity index (χ4n) is 1.55. The fraction of sp³-hybridized carbons (Fsp3) is 0.417. The molecule has 1 aliphatic carbocycles. The van der Waals surface area contributed by atoms with Gasteiger partial charge in [-0.15, -0.1) is 0 Å². The van der Waals surface area contributed by atoms with Crippen LogP contribution in [0.15, 0.2) is 18.2 Å². The maximum absolute atomic E-state index is 11.2. The topological polar surface area (TPSA) is 52.3 Å². The normalized spacial score (nSPS) is 15.0. The van der Waals surface area contributed by atoms with Gasteiger partial charge in [0.15, 0.2) is 0 Å². The van der Waals surface area contributed by atoms with Crippen molar-refractivity contribution < 1.29 is 9.53 Å². The molecule has 1 saturated carbocycles. The molecule has 0 atom stereocenters. The van der Waals surface area contributed by atoms with Crippen LogP contribution in [-0.4, -0.2) is 12.0 Å². The Morgan fingerprint density at radius 1 is 1.53 bits per heavy atom. The van der Waals surface area contributed by atoms with Crippen LogP contribution in [0.1, 0.15) is 35.7 Å². The van der Waals surface area contributed by atoms with E-state index < -0.39 is 5.91 Å². The number of primary amides is 1. The van der Waals surface area contributed by atoms with Gasteiger partial charge in [-0.1, -0.05) is 19.1 Å². The molecule has 15 heavy (non-hydrogen) atoms. The van der Waals surface area contributed by atoms with Gasteiger partial charge in [-0.05, 0) is 30.9 Å². The van der Waals surface area contributed by atoms with Crippen LogP contribution in [0.3, 0.4) is 0 Å². The van der Waals surface area contributed by atoms with E-state index in [0.717, 1.165) is 24.8 Å². The number of hydrogen-bond acceptors (Lipinski definition) is 2. The van der Waals surface area contributed by atoms with E-state index in [4.69, 9.17) is 10.5 Å². The van der Waals surface area contributed by atoms with Gasteiger partial charge < -0.3 is 10.5 Å². The molecule has 1 fully saturated rings. The third-order valence-corrected chi connectivity index (χ3v) is 2.55. The second-order valence-corrected chi connectivity index (χ2v) is 3.83. The van der Waals surface area contributed by atoms with E-state index in [1.807, 2.05) is 19.1 Å². The van der Waals surface area contributed by atoms with Gasteiger partial charge in [-0.2, -0.15) is 0 Å². The number of para-hydroxylation sites is 1. The van der Waals surface area contributed by atoms with Gasteiger partial charge >= 0.3 is 0 Å². The summed E-state index contributed by atoms with van der Waals surface area (Å²) < 4.78 is 5.74. The highest BCUT2D eigenvalue weighted by molar-refractivity contribution is 5.96.